The second-order valence-electron chi connectivity index (χ2n) is 3.08. The van der Waals surface area contributed by atoms with Gasteiger partial charge in [-0.1, -0.05) is 22.0 Å². The molecular formula is C10H9BrO2. The van der Waals surface area contributed by atoms with Gasteiger partial charge < -0.3 is 4.74 Å². The van der Waals surface area contributed by atoms with Crippen LogP contribution in [0.15, 0.2) is 22.7 Å². The van der Waals surface area contributed by atoms with E-state index in [2.05, 4.69) is 15.9 Å². The summed E-state index contributed by atoms with van der Waals surface area (Å²) in [6.07, 6.45) is 2.32. The predicted octanol–water partition coefficient (Wildman–Crippen LogP) is 2.34. The van der Waals surface area contributed by atoms with Crippen LogP contribution in [0.5, 0.6) is 5.75 Å². The van der Waals surface area contributed by atoms with E-state index in [4.69, 9.17) is 4.74 Å². The second kappa shape index (κ2) is 3.50. The monoisotopic (exact) mass is 240 g/mol. The maximum atomic E-state index is 10.5. The fourth-order valence-electron chi connectivity index (χ4n) is 1.46. The van der Waals surface area contributed by atoms with E-state index >= 15 is 0 Å². The summed E-state index contributed by atoms with van der Waals surface area (Å²) >= 11 is 3.36. The van der Waals surface area contributed by atoms with Crippen LogP contribution in [-0.4, -0.2) is 12.4 Å². The van der Waals surface area contributed by atoms with Crippen LogP contribution >= 0.6 is 15.9 Å². The third kappa shape index (κ3) is 1.75. The van der Waals surface area contributed by atoms with Crippen LogP contribution in [0.2, 0.25) is 0 Å². The van der Waals surface area contributed by atoms with Gasteiger partial charge in [-0.15, -0.1) is 0 Å². The number of halogens is 1. The van der Waals surface area contributed by atoms with Crippen molar-refractivity contribution in [3.63, 3.8) is 0 Å². The Kier molecular flexibility index (Phi) is 2.36. The molecule has 1 heterocycles. The smallest absolute Gasteiger partial charge is 0.160 e. The van der Waals surface area contributed by atoms with Crippen LogP contribution < -0.4 is 4.74 Å². The van der Waals surface area contributed by atoms with Gasteiger partial charge in [-0.05, 0) is 30.5 Å². The highest BCUT2D eigenvalue weighted by Crippen LogP contribution is 2.29. The van der Waals surface area contributed by atoms with Crippen LogP contribution in [0.25, 0.3) is 0 Å². The molecule has 1 aromatic rings. The maximum Gasteiger partial charge on any atom is 0.160 e. The van der Waals surface area contributed by atoms with Gasteiger partial charge in [0.1, 0.15) is 5.75 Å². The van der Waals surface area contributed by atoms with E-state index in [9.17, 15) is 4.79 Å². The Morgan fingerprint density at radius 2 is 2.38 bits per heavy atom. The number of carbonyl (C=O) groups excluding carboxylic acids is 1. The molecule has 1 aliphatic heterocycles. The molecule has 0 saturated heterocycles. The number of aryl methyl sites for hydroxylation is 1. The Morgan fingerprint density at radius 3 is 3.15 bits per heavy atom. The molecule has 0 saturated carbocycles. The van der Waals surface area contributed by atoms with Crippen molar-refractivity contribution in [3.05, 3.63) is 28.2 Å². The molecule has 68 valence electrons. The molecule has 3 heteroatoms. The average Bonchev–Trinajstić information content (AvgIpc) is 2.16. The molecule has 0 radical (unpaired) electrons. The number of ether oxygens (including phenoxy) is 1. The largest absolute Gasteiger partial charge is 0.483 e. The van der Waals surface area contributed by atoms with Crippen LogP contribution in [0.3, 0.4) is 0 Å². The molecule has 0 aromatic heterocycles. The predicted molar refractivity (Wildman–Crippen MR) is 52.9 cm³/mol. The summed E-state index contributed by atoms with van der Waals surface area (Å²) in [5.74, 6) is 0.831. The molecule has 1 aromatic carbocycles. The molecule has 1 unspecified atom stereocenters. The van der Waals surface area contributed by atoms with Crippen molar-refractivity contribution in [3.8, 4) is 5.75 Å². The molecule has 0 spiro atoms. The van der Waals surface area contributed by atoms with E-state index in [0.29, 0.717) is 0 Å². The van der Waals surface area contributed by atoms with Gasteiger partial charge in [0.05, 0.1) is 0 Å². The molecule has 2 nitrogen and oxygen atoms in total. The minimum atomic E-state index is -0.262. The number of hydrogen-bond acceptors (Lipinski definition) is 2. The first-order valence-corrected chi connectivity index (χ1v) is 4.99. The summed E-state index contributed by atoms with van der Waals surface area (Å²) in [5, 5.41) is 0. The summed E-state index contributed by atoms with van der Waals surface area (Å²) in [5.41, 5.74) is 1.18. The van der Waals surface area contributed by atoms with Crippen molar-refractivity contribution in [2.45, 2.75) is 18.9 Å². The Balaban J connectivity index is 2.32. The molecule has 0 amide bonds. The highest BCUT2D eigenvalue weighted by atomic mass is 79.9. The highest BCUT2D eigenvalue weighted by molar-refractivity contribution is 9.10. The topological polar surface area (TPSA) is 26.3 Å². The van der Waals surface area contributed by atoms with E-state index < -0.39 is 0 Å². The molecule has 0 fully saturated rings. The highest BCUT2D eigenvalue weighted by Gasteiger charge is 2.18. The summed E-state index contributed by atoms with van der Waals surface area (Å²) in [6.45, 7) is 0. The first-order valence-electron chi connectivity index (χ1n) is 4.20. The minimum Gasteiger partial charge on any atom is -0.483 e. The van der Waals surface area contributed by atoms with Crippen molar-refractivity contribution >= 4 is 22.2 Å². The lowest BCUT2D eigenvalue weighted by molar-refractivity contribution is -0.114. The third-order valence-corrected chi connectivity index (χ3v) is 2.65. The van der Waals surface area contributed by atoms with Crippen LogP contribution in [0.1, 0.15) is 12.0 Å². The van der Waals surface area contributed by atoms with E-state index in [1.807, 2.05) is 18.2 Å². The number of fused-ring (bicyclic) bond motifs is 1. The first kappa shape index (κ1) is 8.75. The fraction of sp³-hybridized carbons (Fsp3) is 0.300. The number of benzene rings is 1. The minimum absolute atomic E-state index is 0.262. The van der Waals surface area contributed by atoms with E-state index in [1.165, 1.54) is 5.56 Å². The van der Waals surface area contributed by atoms with Gasteiger partial charge in [0, 0.05) is 4.47 Å². The Morgan fingerprint density at radius 1 is 1.54 bits per heavy atom. The molecule has 13 heavy (non-hydrogen) atoms. The van der Waals surface area contributed by atoms with E-state index in [0.717, 1.165) is 29.4 Å². The molecule has 2 rings (SSSR count). The number of aldehydes is 1. The van der Waals surface area contributed by atoms with Gasteiger partial charge in [-0.3, -0.25) is 4.79 Å². The van der Waals surface area contributed by atoms with Gasteiger partial charge >= 0.3 is 0 Å². The van der Waals surface area contributed by atoms with Gasteiger partial charge in [0.15, 0.2) is 12.4 Å². The average molecular weight is 241 g/mol. The molecule has 0 N–H and O–H groups in total. The molecule has 0 aliphatic carbocycles. The van der Waals surface area contributed by atoms with E-state index in [-0.39, 0.29) is 6.10 Å². The van der Waals surface area contributed by atoms with Crippen molar-refractivity contribution < 1.29 is 9.53 Å². The van der Waals surface area contributed by atoms with E-state index in [1.54, 1.807) is 0 Å². The second-order valence-corrected chi connectivity index (χ2v) is 4.00. The zero-order chi connectivity index (χ0) is 9.26. The Hall–Kier alpha value is -0.830. The molecule has 0 bridgehead atoms. The maximum absolute atomic E-state index is 10.5. The van der Waals surface area contributed by atoms with Gasteiger partial charge in [-0.2, -0.15) is 0 Å². The number of hydrogen-bond donors (Lipinski definition) is 0. The number of carbonyl (C=O) groups is 1. The molecule has 1 aliphatic rings. The van der Waals surface area contributed by atoms with Crippen molar-refractivity contribution in [1.82, 2.24) is 0 Å². The lowest BCUT2D eigenvalue weighted by Gasteiger charge is -2.22. The zero-order valence-electron chi connectivity index (χ0n) is 7.00. The Bertz CT molecular complexity index is 336. The summed E-state index contributed by atoms with van der Waals surface area (Å²) in [7, 11) is 0. The third-order valence-electron chi connectivity index (χ3n) is 2.16. The van der Waals surface area contributed by atoms with Crippen molar-refractivity contribution in [1.29, 1.82) is 0 Å². The zero-order valence-corrected chi connectivity index (χ0v) is 8.58. The van der Waals surface area contributed by atoms with Crippen molar-refractivity contribution in [2.75, 3.05) is 0 Å². The van der Waals surface area contributed by atoms with Crippen LogP contribution in [-0.2, 0) is 11.2 Å². The quantitative estimate of drug-likeness (QED) is 0.705. The van der Waals surface area contributed by atoms with Gasteiger partial charge in [-0.25, -0.2) is 0 Å². The summed E-state index contributed by atoms with van der Waals surface area (Å²) in [4.78, 5) is 10.5. The summed E-state index contributed by atoms with van der Waals surface area (Å²) in [6, 6.07) is 5.93. The lowest BCUT2D eigenvalue weighted by atomic mass is 10.0. The first-order chi connectivity index (χ1) is 6.29. The standard InChI is InChI=1S/C10H9BrO2/c11-8-3-1-7-2-4-9(6-12)13-10(7)5-8/h1,3,5-6,9H,2,4H2. The SMILES string of the molecule is O=CC1CCc2ccc(Br)cc2O1. The van der Waals surface area contributed by atoms with Crippen molar-refractivity contribution in [2.24, 2.45) is 0 Å². The van der Waals surface area contributed by atoms with Gasteiger partial charge in [0.2, 0.25) is 0 Å². The number of rotatable bonds is 1. The molecular weight excluding hydrogens is 232 g/mol. The van der Waals surface area contributed by atoms with Crippen LogP contribution in [0.4, 0.5) is 0 Å². The van der Waals surface area contributed by atoms with Crippen LogP contribution in [0, 0.1) is 0 Å². The lowest BCUT2D eigenvalue weighted by Crippen LogP contribution is -2.23. The normalized spacial score (nSPS) is 20.2. The molecule has 1 atom stereocenters. The Labute approximate surface area is 85.0 Å². The fourth-order valence-corrected chi connectivity index (χ4v) is 1.80. The van der Waals surface area contributed by atoms with Gasteiger partial charge in [0.25, 0.3) is 0 Å². The summed E-state index contributed by atoms with van der Waals surface area (Å²) < 4.78 is 6.45.